The molecule has 5 heteroatoms. The van der Waals surface area contributed by atoms with Gasteiger partial charge in [0, 0.05) is 30.5 Å². The van der Waals surface area contributed by atoms with E-state index in [0.29, 0.717) is 23.8 Å². The van der Waals surface area contributed by atoms with Crippen LogP contribution in [0.15, 0.2) is 30.6 Å². The van der Waals surface area contributed by atoms with Gasteiger partial charge in [-0.05, 0) is 25.0 Å². The normalized spacial score (nSPS) is 14.3. The Balaban J connectivity index is 2.00. The first kappa shape index (κ1) is 11.9. The number of aromatic nitrogens is 2. The second-order valence-electron chi connectivity index (χ2n) is 4.63. The number of halogens is 1. The van der Waals surface area contributed by atoms with E-state index in [1.807, 2.05) is 6.07 Å². The number of hydrogen-bond acceptors (Lipinski definition) is 3. The van der Waals surface area contributed by atoms with Gasteiger partial charge in [0.25, 0.3) is 0 Å². The molecule has 0 radical (unpaired) electrons. The first-order chi connectivity index (χ1) is 9.29. The fourth-order valence-electron chi connectivity index (χ4n) is 2.06. The molecule has 0 bridgehead atoms. The molecule has 1 aromatic carbocycles. The Hall–Kier alpha value is -2.19. The second kappa shape index (κ2) is 4.82. The van der Waals surface area contributed by atoms with Gasteiger partial charge in [-0.2, -0.15) is 5.26 Å². The molecule has 0 amide bonds. The molecule has 19 heavy (non-hydrogen) atoms. The van der Waals surface area contributed by atoms with Crippen LogP contribution in [0.3, 0.4) is 0 Å². The molecule has 0 aliphatic heterocycles. The minimum atomic E-state index is -0.261. The standard InChI is InChI=1S/C14H13FN4/c15-12-2-1-3-13(11(12)9-18-10-4-5-10)19-7-6-17-14(19)8-16/h1-3,6-7,10,18H,4-5,9H2. The average molecular weight is 256 g/mol. The highest BCUT2D eigenvalue weighted by Gasteiger charge is 2.22. The van der Waals surface area contributed by atoms with Crippen molar-refractivity contribution in [1.29, 1.82) is 5.26 Å². The molecule has 1 aromatic heterocycles. The minimum Gasteiger partial charge on any atom is -0.310 e. The summed E-state index contributed by atoms with van der Waals surface area (Å²) in [6.07, 6.45) is 5.52. The van der Waals surface area contributed by atoms with Gasteiger partial charge in [-0.3, -0.25) is 4.57 Å². The van der Waals surface area contributed by atoms with Gasteiger partial charge in [0.1, 0.15) is 11.9 Å². The minimum absolute atomic E-state index is 0.261. The summed E-state index contributed by atoms with van der Waals surface area (Å²) >= 11 is 0. The first-order valence-electron chi connectivity index (χ1n) is 6.24. The van der Waals surface area contributed by atoms with Crippen LogP contribution < -0.4 is 5.32 Å². The maximum absolute atomic E-state index is 14.0. The van der Waals surface area contributed by atoms with Crippen LogP contribution in [0.5, 0.6) is 0 Å². The third kappa shape index (κ3) is 2.35. The molecule has 1 aliphatic rings. The van der Waals surface area contributed by atoms with Crippen LogP contribution in [0.25, 0.3) is 5.69 Å². The topological polar surface area (TPSA) is 53.6 Å². The molecule has 3 rings (SSSR count). The molecule has 2 aromatic rings. The van der Waals surface area contributed by atoms with Crippen LogP contribution in [0.2, 0.25) is 0 Å². The van der Waals surface area contributed by atoms with Gasteiger partial charge in [0.15, 0.2) is 0 Å². The lowest BCUT2D eigenvalue weighted by atomic mass is 10.1. The third-order valence-corrected chi connectivity index (χ3v) is 3.24. The summed E-state index contributed by atoms with van der Waals surface area (Å²) in [7, 11) is 0. The molecule has 1 N–H and O–H groups in total. The second-order valence-corrected chi connectivity index (χ2v) is 4.63. The number of nitrogens with zero attached hydrogens (tertiary/aromatic N) is 3. The molecular weight excluding hydrogens is 243 g/mol. The Morgan fingerprint density at radius 2 is 2.32 bits per heavy atom. The Labute approximate surface area is 110 Å². The van der Waals surface area contributed by atoms with Crippen LogP contribution in [-0.2, 0) is 6.54 Å². The van der Waals surface area contributed by atoms with Crippen molar-refractivity contribution in [3.05, 3.63) is 47.8 Å². The Bertz CT molecular complexity index is 637. The number of benzene rings is 1. The molecule has 0 unspecified atom stereocenters. The summed E-state index contributed by atoms with van der Waals surface area (Å²) < 4.78 is 15.6. The van der Waals surface area contributed by atoms with E-state index in [4.69, 9.17) is 5.26 Å². The molecule has 0 atom stereocenters. The zero-order chi connectivity index (χ0) is 13.2. The lowest BCUT2D eigenvalue weighted by molar-refractivity contribution is 0.584. The summed E-state index contributed by atoms with van der Waals surface area (Å²) in [5.41, 5.74) is 1.24. The van der Waals surface area contributed by atoms with E-state index in [2.05, 4.69) is 10.3 Å². The van der Waals surface area contributed by atoms with E-state index in [0.717, 1.165) is 12.8 Å². The first-order valence-corrected chi connectivity index (χ1v) is 6.24. The highest BCUT2D eigenvalue weighted by Crippen LogP contribution is 2.23. The van der Waals surface area contributed by atoms with Gasteiger partial charge in [0.2, 0.25) is 5.82 Å². The lowest BCUT2D eigenvalue weighted by Crippen LogP contribution is -2.18. The third-order valence-electron chi connectivity index (χ3n) is 3.24. The number of imidazole rings is 1. The van der Waals surface area contributed by atoms with Crippen molar-refractivity contribution >= 4 is 0 Å². The molecule has 0 spiro atoms. The number of hydrogen-bond donors (Lipinski definition) is 1. The molecule has 0 saturated heterocycles. The maximum Gasteiger partial charge on any atom is 0.217 e. The van der Waals surface area contributed by atoms with Crippen LogP contribution in [-0.4, -0.2) is 15.6 Å². The highest BCUT2D eigenvalue weighted by atomic mass is 19.1. The Kier molecular flexibility index (Phi) is 3.02. The quantitative estimate of drug-likeness (QED) is 0.911. The van der Waals surface area contributed by atoms with Crippen LogP contribution in [0, 0.1) is 17.1 Å². The van der Waals surface area contributed by atoms with Gasteiger partial charge in [0.05, 0.1) is 5.69 Å². The fraction of sp³-hybridized carbons (Fsp3) is 0.286. The van der Waals surface area contributed by atoms with Crippen molar-refractivity contribution in [2.24, 2.45) is 0 Å². The van der Waals surface area contributed by atoms with Gasteiger partial charge in [-0.25, -0.2) is 9.37 Å². The molecule has 1 fully saturated rings. The SMILES string of the molecule is N#Cc1nccn1-c1cccc(F)c1CNC1CC1. The zero-order valence-corrected chi connectivity index (χ0v) is 10.3. The highest BCUT2D eigenvalue weighted by molar-refractivity contribution is 5.44. The van der Waals surface area contributed by atoms with E-state index < -0.39 is 0 Å². The van der Waals surface area contributed by atoms with E-state index in [1.54, 1.807) is 29.1 Å². The zero-order valence-electron chi connectivity index (χ0n) is 10.3. The predicted molar refractivity (Wildman–Crippen MR) is 68.1 cm³/mol. The van der Waals surface area contributed by atoms with E-state index in [-0.39, 0.29) is 11.6 Å². The van der Waals surface area contributed by atoms with Gasteiger partial charge in [-0.1, -0.05) is 6.07 Å². The van der Waals surface area contributed by atoms with E-state index >= 15 is 0 Å². The molecule has 1 heterocycles. The summed E-state index contributed by atoms with van der Waals surface area (Å²) in [5, 5.41) is 12.3. The summed E-state index contributed by atoms with van der Waals surface area (Å²) in [6, 6.07) is 7.40. The molecule has 1 aliphatic carbocycles. The number of nitrogens with one attached hydrogen (secondary N) is 1. The van der Waals surface area contributed by atoms with Crippen LogP contribution in [0.1, 0.15) is 24.2 Å². The summed E-state index contributed by atoms with van der Waals surface area (Å²) in [4.78, 5) is 3.95. The molecule has 1 saturated carbocycles. The average Bonchev–Trinajstić information content (AvgIpc) is 3.12. The Morgan fingerprint density at radius 1 is 1.47 bits per heavy atom. The molecular formula is C14H13FN4. The van der Waals surface area contributed by atoms with Crippen molar-refractivity contribution in [1.82, 2.24) is 14.9 Å². The van der Waals surface area contributed by atoms with Crippen molar-refractivity contribution in [2.75, 3.05) is 0 Å². The monoisotopic (exact) mass is 256 g/mol. The van der Waals surface area contributed by atoms with Gasteiger partial charge < -0.3 is 5.32 Å². The predicted octanol–water partition coefficient (Wildman–Crippen LogP) is 2.14. The van der Waals surface area contributed by atoms with Gasteiger partial charge in [-0.15, -0.1) is 0 Å². The summed E-state index contributed by atoms with van der Waals surface area (Å²) in [5.74, 6) is 0.00140. The van der Waals surface area contributed by atoms with Crippen LogP contribution in [0.4, 0.5) is 4.39 Å². The molecule has 4 nitrogen and oxygen atoms in total. The number of rotatable bonds is 4. The number of nitriles is 1. The van der Waals surface area contributed by atoms with Gasteiger partial charge >= 0.3 is 0 Å². The lowest BCUT2D eigenvalue weighted by Gasteiger charge is -2.12. The van der Waals surface area contributed by atoms with E-state index in [1.165, 1.54) is 6.07 Å². The van der Waals surface area contributed by atoms with Crippen molar-refractivity contribution in [3.8, 4) is 11.8 Å². The largest absolute Gasteiger partial charge is 0.310 e. The fourth-order valence-corrected chi connectivity index (χ4v) is 2.06. The molecule has 96 valence electrons. The van der Waals surface area contributed by atoms with Crippen LogP contribution >= 0.6 is 0 Å². The van der Waals surface area contributed by atoms with Crippen molar-refractivity contribution < 1.29 is 4.39 Å². The van der Waals surface area contributed by atoms with Crippen molar-refractivity contribution in [2.45, 2.75) is 25.4 Å². The maximum atomic E-state index is 14.0. The smallest absolute Gasteiger partial charge is 0.217 e. The summed E-state index contributed by atoms with van der Waals surface area (Å²) in [6.45, 7) is 0.468. The Morgan fingerprint density at radius 3 is 3.05 bits per heavy atom. The van der Waals surface area contributed by atoms with E-state index in [9.17, 15) is 4.39 Å². The van der Waals surface area contributed by atoms with Crippen molar-refractivity contribution in [3.63, 3.8) is 0 Å².